The Kier molecular flexibility index (Phi) is 7.24. The summed E-state index contributed by atoms with van der Waals surface area (Å²) in [4.78, 5) is 14.2. The lowest BCUT2D eigenvalue weighted by Crippen LogP contribution is -2.28. The van der Waals surface area contributed by atoms with Gasteiger partial charge in [-0.15, -0.1) is 5.10 Å². The molecule has 0 radical (unpaired) electrons. The van der Waals surface area contributed by atoms with Gasteiger partial charge in [-0.2, -0.15) is 0 Å². The predicted molar refractivity (Wildman–Crippen MR) is 113 cm³/mol. The molecule has 0 fully saturated rings. The third-order valence-corrected chi connectivity index (χ3v) is 5.53. The molecule has 0 atom stereocenters. The van der Waals surface area contributed by atoms with Crippen molar-refractivity contribution in [2.75, 3.05) is 19.9 Å². The van der Waals surface area contributed by atoms with Crippen molar-refractivity contribution < 1.29 is 9.53 Å². The number of nitrogens with zero attached hydrogens (tertiary/aromatic N) is 5. The second kappa shape index (κ2) is 10.1. The van der Waals surface area contributed by atoms with E-state index in [1.165, 1.54) is 17.3 Å². The molecule has 0 aliphatic rings. The minimum Gasteiger partial charge on any atom is -0.497 e. The monoisotopic (exact) mass is 411 g/mol. The maximum absolute atomic E-state index is 12.5. The number of aromatic nitrogens is 4. The number of hydrogen-bond donors (Lipinski definition) is 0. The third-order valence-electron chi connectivity index (χ3n) is 4.59. The average molecular weight is 412 g/mol. The molecule has 0 aliphatic carbocycles. The van der Waals surface area contributed by atoms with Crippen LogP contribution in [0.15, 0.2) is 53.7 Å². The van der Waals surface area contributed by atoms with Crippen LogP contribution in [0.3, 0.4) is 0 Å². The van der Waals surface area contributed by atoms with E-state index in [1.807, 2.05) is 31.3 Å². The highest BCUT2D eigenvalue weighted by Gasteiger charge is 2.14. The number of ether oxygens (including phenoxy) is 1. The zero-order valence-electron chi connectivity index (χ0n) is 16.9. The molecule has 0 saturated carbocycles. The summed E-state index contributed by atoms with van der Waals surface area (Å²) in [5.41, 5.74) is 3.47. The van der Waals surface area contributed by atoms with E-state index in [4.69, 9.17) is 4.74 Å². The van der Waals surface area contributed by atoms with Crippen LogP contribution in [-0.4, -0.2) is 50.9 Å². The van der Waals surface area contributed by atoms with E-state index in [-0.39, 0.29) is 11.7 Å². The topological polar surface area (TPSA) is 73.1 Å². The summed E-state index contributed by atoms with van der Waals surface area (Å²) < 4.78 is 6.87. The Morgan fingerprint density at radius 2 is 1.72 bits per heavy atom. The second-order valence-electron chi connectivity index (χ2n) is 6.68. The first kappa shape index (κ1) is 20.9. The van der Waals surface area contributed by atoms with Gasteiger partial charge >= 0.3 is 0 Å². The number of methoxy groups -OCH3 is 1. The van der Waals surface area contributed by atoms with E-state index in [2.05, 4.69) is 46.7 Å². The summed E-state index contributed by atoms with van der Waals surface area (Å²) in [5, 5.41) is 12.5. The highest BCUT2D eigenvalue weighted by atomic mass is 32.2. The lowest BCUT2D eigenvalue weighted by atomic mass is 10.1. The molecule has 8 heteroatoms. The Balaban J connectivity index is 1.53. The molecule has 1 aromatic heterocycles. The molecule has 2 aromatic carbocycles. The number of tetrazole rings is 1. The van der Waals surface area contributed by atoms with E-state index in [9.17, 15) is 4.79 Å². The zero-order chi connectivity index (χ0) is 20.6. The zero-order valence-corrected chi connectivity index (χ0v) is 17.7. The van der Waals surface area contributed by atoms with Gasteiger partial charge in [-0.1, -0.05) is 55.1 Å². The molecule has 152 valence electrons. The maximum atomic E-state index is 12.5. The smallest absolute Gasteiger partial charge is 0.233 e. The minimum atomic E-state index is 0.0357. The van der Waals surface area contributed by atoms with Crippen molar-refractivity contribution in [3.63, 3.8) is 0 Å². The highest BCUT2D eigenvalue weighted by Crippen LogP contribution is 2.18. The fraction of sp³-hybridized carbons (Fsp3) is 0.333. The molecule has 1 heterocycles. The number of benzene rings is 2. The minimum absolute atomic E-state index is 0.0357. The van der Waals surface area contributed by atoms with E-state index in [0.29, 0.717) is 18.2 Å². The Bertz CT molecular complexity index is 925. The van der Waals surface area contributed by atoms with Crippen molar-refractivity contribution in [1.29, 1.82) is 0 Å². The van der Waals surface area contributed by atoms with E-state index >= 15 is 0 Å². The van der Waals surface area contributed by atoms with Gasteiger partial charge < -0.3 is 9.64 Å². The number of hydrogen-bond acceptors (Lipinski definition) is 6. The Morgan fingerprint density at radius 1 is 1.07 bits per heavy atom. The number of amides is 1. The Hall–Kier alpha value is -2.87. The Labute approximate surface area is 175 Å². The number of aryl methyl sites for hydroxylation is 1. The maximum Gasteiger partial charge on any atom is 0.233 e. The van der Waals surface area contributed by atoms with Crippen LogP contribution in [0.2, 0.25) is 0 Å². The van der Waals surface area contributed by atoms with Gasteiger partial charge in [-0.05, 0) is 45.7 Å². The first-order valence-electron chi connectivity index (χ1n) is 9.42. The van der Waals surface area contributed by atoms with E-state index in [1.54, 1.807) is 16.7 Å². The third kappa shape index (κ3) is 5.80. The standard InChI is InChI=1S/C21H25N5O2S/c1-4-16-5-7-17(8-6-16)13-25(2)20(27)15-29-21-22-23-24-26(21)14-18-9-11-19(28-3)12-10-18/h5-12H,4,13-15H2,1-3H3. The molecule has 0 saturated heterocycles. The molecule has 29 heavy (non-hydrogen) atoms. The van der Waals surface area contributed by atoms with Crippen LogP contribution in [0.4, 0.5) is 0 Å². The molecule has 0 bridgehead atoms. The van der Waals surface area contributed by atoms with Crippen LogP contribution < -0.4 is 4.74 Å². The van der Waals surface area contributed by atoms with Crippen LogP contribution in [-0.2, 0) is 24.3 Å². The molecule has 0 aliphatic heterocycles. The molecule has 7 nitrogen and oxygen atoms in total. The SMILES string of the molecule is CCc1ccc(CN(C)C(=O)CSc2nnnn2Cc2ccc(OC)cc2)cc1. The van der Waals surface area contributed by atoms with Crippen molar-refractivity contribution in [3.8, 4) is 5.75 Å². The number of carbonyl (C=O) groups is 1. The average Bonchev–Trinajstić information content (AvgIpc) is 3.20. The number of carbonyl (C=O) groups excluding carboxylic acids is 1. The predicted octanol–water partition coefficient (Wildman–Crippen LogP) is 3.04. The van der Waals surface area contributed by atoms with Crippen LogP contribution in [0, 0.1) is 0 Å². The lowest BCUT2D eigenvalue weighted by molar-refractivity contribution is -0.127. The number of thioether (sulfide) groups is 1. The van der Waals surface area contributed by atoms with Gasteiger partial charge in [0.25, 0.3) is 0 Å². The van der Waals surface area contributed by atoms with Crippen LogP contribution >= 0.6 is 11.8 Å². The van der Waals surface area contributed by atoms with Gasteiger partial charge in [0.15, 0.2) is 0 Å². The molecule has 3 aromatic rings. The summed E-state index contributed by atoms with van der Waals surface area (Å²) in [6.45, 7) is 3.25. The Morgan fingerprint density at radius 3 is 2.38 bits per heavy atom. The van der Waals surface area contributed by atoms with Gasteiger partial charge in [0.2, 0.25) is 11.1 Å². The quantitative estimate of drug-likeness (QED) is 0.504. The molecule has 0 spiro atoms. The highest BCUT2D eigenvalue weighted by molar-refractivity contribution is 7.99. The van der Waals surface area contributed by atoms with Gasteiger partial charge in [0, 0.05) is 13.6 Å². The molecular formula is C21H25N5O2S. The van der Waals surface area contributed by atoms with Gasteiger partial charge in [0.1, 0.15) is 5.75 Å². The van der Waals surface area contributed by atoms with Gasteiger partial charge in [-0.25, -0.2) is 4.68 Å². The van der Waals surface area contributed by atoms with Crippen molar-refractivity contribution in [1.82, 2.24) is 25.1 Å². The fourth-order valence-electron chi connectivity index (χ4n) is 2.78. The van der Waals surface area contributed by atoms with Crippen LogP contribution in [0.1, 0.15) is 23.6 Å². The van der Waals surface area contributed by atoms with Crippen molar-refractivity contribution in [3.05, 3.63) is 65.2 Å². The summed E-state index contributed by atoms with van der Waals surface area (Å²) in [5.74, 6) is 1.12. The molecular weight excluding hydrogens is 386 g/mol. The van der Waals surface area contributed by atoms with E-state index < -0.39 is 0 Å². The number of rotatable bonds is 9. The summed E-state index contributed by atoms with van der Waals surface area (Å²) in [6.07, 6.45) is 1.01. The lowest BCUT2D eigenvalue weighted by Gasteiger charge is -2.17. The largest absolute Gasteiger partial charge is 0.497 e. The van der Waals surface area contributed by atoms with Crippen LogP contribution in [0.25, 0.3) is 0 Å². The van der Waals surface area contributed by atoms with E-state index in [0.717, 1.165) is 23.3 Å². The van der Waals surface area contributed by atoms with Gasteiger partial charge in [-0.3, -0.25) is 4.79 Å². The molecule has 3 rings (SSSR count). The normalized spacial score (nSPS) is 10.7. The van der Waals surface area contributed by atoms with Crippen LogP contribution in [0.5, 0.6) is 5.75 Å². The first-order chi connectivity index (χ1) is 14.1. The molecule has 0 N–H and O–H groups in total. The summed E-state index contributed by atoms with van der Waals surface area (Å²) in [6, 6.07) is 16.1. The summed E-state index contributed by atoms with van der Waals surface area (Å²) in [7, 11) is 3.45. The second-order valence-corrected chi connectivity index (χ2v) is 7.62. The first-order valence-corrected chi connectivity index (χ1v) is 10.4. The summed E-state index contributed by atoms with van der Waals surface area (Å²) >= 11 is 1.34. The van der Waals surface area contributed by atoms with Gasteiger partial charge in [0.05, 0.1) is 19.4 Å². The van der Waals surface area contributed by atoms with Crippen molar-refractivity contribution in [2.24, 2.45) is 0 Å². The molecule has 0 unspecified atom stereocenters. The van der Waals surface area contributed by atoms with Crippen molar-refractivity contribution in [2.45, 2.75) is 31.6 Å². The fourth-order valence-corrected chi connectivity index (χ4v) is 3.60. The van der Waals surface area contributed by atoms with Crippen molar-refractivity contribution >= 4 is 17.7 Å². The molecule has 1 amide bonds.